The van der Waals surface area contributed by atoms with Crippen LogP contribution in [0.4, 0.5) is 0 Å². The van der Waals surface area contributed by atoms with Crippen molar-refractivity contribution < 1.29 is 5.11 Å². The van der Waals surface area contributed by atoms with Gasteiger partial charge in [0.15, 0.2) is 0 Å². The third kappa shape index (κ3) is 5.87. The number of nitrogens with two attached hydrogens (primary N) is 1. The van der Waals surface area contributed by atoms with Crippen LogP contribution in [0, 0.1) is 5.92 Å². The topological polar surface area (TPSA) is 46.2 Å². The minimum atomic E-state index is -0.526. The molecule has 17 heavy (non-hydrogen) atoms. The highest BCUT2D eigenvalue weighted by Crippen LogP contribution is 2.41. The van der Waals surface area contributed by atoms with Crippen molar-refractivity contribution >= 4 is 0 Å². The highest BCUT2D eigenvalue weighted by Gasteiger charge is 2.41. The molecule has 0 aromatic heterocycles. The van der Waals surface area contributed by atoms with Gasteiger partial charge in [0, 0.05) is 6.54 Å². The summed E-state index contributed by atoms with van der Waals surface area (Å²) < 4.78 is 0. The molecule has 1 saturated carbocycles. The van der Waals surface area contributed by atoms with Gasteiger partial charge in [0.2, 0.25) is 0 Å². The van der Waals surface area contributed by atoms with Crippen LogP contribution >= 0.6 is 0 Å². The van der Waals surface area contributed by atoms with Crippen LogP contribution in [-0.2, 0) is 0 Å². The van der Waals surface area contributed by atoms with Gasteiger partial charge >= 0.3 is 0 Å². The molecule has 1 rings (SSSR count). The number of hydrogen-bond acceptors (Lipinski definition) is 2. The van der Waals surface area contributed by atoms with E-state index in [2.05, 4.69) is 6.92 Å². The van der Waals surface area contributed by atoms with Gasteiger partial charge in [-0.05, 0) is 25.2 Å². The molecule has 3 N–H and O–H groups in total. The summed E-state index contributed by atoms with van der Waals surface area (Å²) in [5.74, 6) is 0.511. The van der Waals surface area contributed by atoms with Crippen LogP contribution in [0.1, 0.15) is 77.6 Å². The molecule has 0 bridgehead atoms. The first-order valence-electron chi connectivity index (χ1n) is 7.65. The van der Waals surface area contributed by atoms with Gasteiger partial charge in [-0.2, -0.15) is 0 Å². The van der Waals surface area contributed by atoms with Crippen LogP contribution < -0.4 is 5.73 Å². The SMILES string of the molecule is CCCCCCCCCCC(O)(CN)C1CC1. The van der Waals surface area contributed by atoms with Gasteiger partial charge in [0.1, 0.15) is 0 Å². The Morgan fingerprint density at radius 1 is 1.00 bits per heavy atom. The predicted octanol–water partition coefficient (Wildman–Crippen LogP) is 3.62. The summed E-state index contributed by atoms with van der Waals surface area (Å²) in [6.07, 6.45) is 13.9. The van der Waals surface area contributed by atoms with Crippen LogP contribution in [0.5, 0.6) is 0 Å². The minimum absolute atomic E-state index is 0.453. The zero-order valence-corrected chi connectivity index (χ0v) is 11.6. The van der Waals surface area contributed by atoms with Crippen molar-refractivity contribution in [1.82, 2.24) is 0 Å². The Balaban J connectivity index is 1.92. The molecule has 0 aliphatic heterocycles. The molecule has 102 valence electrons. The molecule has 2 heteroatoms. The van der Waals surface area contributed by atoms with Crippen molar-refractivity contribution in [3.05, 3.63) is 0 Å². The quantitative estimate of drug-likeness (QED) is 0.543. The fourth-order valence-corrected chi connectivity index (χ4v) is 2.66. The Labute approximate surface area is 107 Å². The highest BCUT2D eigenvalue weighted by atomic mass is 16.3. The summed E-state index contributed by atoms with van der Waals surface area (Å²) in [6.45, 7) is 2.71. The first-order valence-corrected chi connectivity index (χ1v) is 7.65. The molecule has 1 unspecified atom stereocenters. The van der Waals surface area contributed by atoms with E-state index in [-0.39, 0.29) is 0 Å². The van der Waals surface area contributed by atoms with Gasteiger partial charge < -0.3 is 10.8 Å². The van der Waals surface area contributed by atoms with Crippen molar-refractivity contribution in [3.8, 4) is 0 Å². The Morgan fingerprint density at radius 2 is 1.53 bits per heavy atom. The van der Waals surface area contributed by atoms with Crippen molar-refractivity contribution in [1.29, 1.82) is 0 Å². The molecule has 1 aliphatic rings. The van der Waals surface area contributed by atoms with Gasteiger partial charge in [0.05, 0.1) is 5.60 Å². The fraction of sp³-hybridized carbons (Fsp3) is 1.00. The molecule has 0 saturated heterocycles. The largest absolute Gasteiger partial charge is 0.388 e. The van der Waals surface area contributed by atoms with E-state index < -0.39 is 5.60 Å². The maximum absolute atomic E-state index is 10.3. The van der Waals surface area contributed by atoms with E-state index in [0.29, 0.717) is 12.5 Å². The zero-order chi connectivity index (χ0) is 12.6. The average Bonchev–Trinajstić information content (AvgIpc) is 3.16. The standard InChI is InChI=1S/C15H31NO/c1-2-3-4-5-6-7-8-9-12-15(17,13-16)14-10-11-14/h14,17H,2-13,16H2,1H3. The summed E-state index contributed by atoms with van der Waals surface area (Å²) in [6, 6.07) is 0. The van der Waals surface area contributed by atoms with Crippen LogP contribution in [0.15, 0.2) is 0 Å². The van der Waals surface area contributed by atoms with Gasteiger partial charge in [-0.15, -0.1) is 0 Å². The number of rotatable bonds is 11. The molecule has 0 aromatic carbocycles. The second kappa shape index (κ2) is 8.10. The van der Waals surface area contributed by atoms with Crippen LogP contribution in [0.2, 0.25) is 0 Å². The highest BCUT2D eigenvalue weighted by molar-refractivity contribution is 4.95. The Morgan fingerprint density at radius 3 is 2.00 bits per heavy atom. The average molecular weight is 241 g/mol. The second-order valence-electron chi connectivity index (χ2n) is 5.81. The van der Waals surface area contributed by atoms with E-state index in [1.165, 1.54) is 57.8 Å². The van der Waals surface area contributed by atoms with Gasteiger partial charge in [0.25, 0.3) is 0 Å². The van der Waals surface area contributed by atoms with Crippen LogP contribution in [0.3, 0.4) is 0 Å². The molecule has 0 amide bonds. The number of unbranched alkanes of at least 4 members (excludes halogenated alkanes) is 7. The van der Waals surface area contributed by atoms with Crippen molar-refractivity contribution in [3.63, 3.8) is 0 Å². The van der Waals surface area contributed by atoms with Crippen molar-refractivity contribution in [2.75, 3.05) is 6.54 Å². The first-order chi connectivity index (χ1) is 8.23. The van der Waals surface area contributed by atoms with E-state index >= 15 is 0 Å². The minimum Gasteiger partial charge on any atom is -0.388 e. The Kier molecular flexibility index (Phi) is 7.14. The van der Waals surface area contributed by atoms with Crippen molar-refractivity contribution in [2.24, 2.45) is 11.7 Å². The normalized spacial score (nSPS) is 19.2. The lowest BCUT2D eigenvalue weighted by atomic mass is 9.91. The summed E-state index contributed by atoms with van der Waals surface area (Å²) >= 11 is 0. The summed E-state index contributed by atoms with van der Waals surface area (Å²) in [5, 5.41) is 10.3. The second-order valence-corrected chi connectivity index (χ2v) is 5.81. The van der Waals surface area contributed by atoms with Gasteiger partial charge in [-0.3, -0.25) is 0 Å². The fourth-order valence-electron chi connectivity index (χ4n) is 2.66. The predicted molar refractivity (Wildman–Crippen MR) is 74.0 cm³/mol. The molecule has 1 atom stereocenters. The smallest absolute Gasteiger partial charge is 0.0797 e. The molecule has 0 radical (unpaired) electrons. The van der Waals surface area contributed by atoms with E-state index in [0.717, 1.165) is 12.8 Å². The molecule has 0 aromatic rings. The van der Waals surface area contributed by atoms with Crippen LogP contribution in [-0.4, -0.2) is 17.3 Å². The molecule has 1 aliphatic carbocycles. The van der Waals surface area contributed by atoms with Gasteiger partial charge in [-0.25, -0.2) is 0 Å². The maximum Gasteiger partial charge on any atom is 0.0797 e. The van der Waals surface area contributed by atoms with Crippen LogP contribution in [0.25, 0.3) is 0 Å². The lowest BCUT2D eigenvalue weighted by molar-refractivity contribution is 0.0154. The number of aliphatic hydroxyl groups is 1. The van der Waals surface area contributed by atoms with E-state index in [9.17, 15) is 5.11 Å². The molecule has 0 heterocycles. The van der Waals surface area contributed by atoms with Crippen molar-refractivity contribution in [2.45, 2.75) is 83.2 Å². The van der Waals surface area contributed by atoms with Gasteiger partial charge in [-0.1, -0.05) is 58.3 Å². The lowest BCUT2D eigenvalue weighted by Crippen LogP contribution is -2.39. The van der Waals surface area contributed by atoms with E-state index in [1.54, 1.807) is 0 Å². The first kappa shape index (κ1) is 15.0. The Bertz CT molecular complexity index is 191. The lowest BCUT2D eigenvalue weighted by Gasteiger charge is -2.26. The van der Waals surface area contributed by atoms with E-state index in [4.69, 9.17) is 5.73 Å². The number of hydrogen-bond donors (Lipinski definition) is 2. The third-order valence-corrected chi connectivity index (χ3v) is 4.15. The Hall–Kier alpha value is -0.0800. The maximum atomic E-state index is 10.3. The summed E-state index contributed by atoms with van der Waals surface area (Å²) in [7, 11) is 0. The third-order valence-electron chi connectivity index (χ3n) is 4.15. The summed E-state index contributed by atoms with van der Waals surface area (Å²) in [5.41, 5.74) is 5.17. The molecule has 1 fully saturated rings. The zero-order valence-electron chi connectivity index (χ0n) is 11.6. The molecule has 0 spiro atoms. The molecular formula is C15H31NO. The monoisotopic (exact) mass is 241 g/mol. The molecule has 2 nitrogen and oxygen atoms in total. The summed E-state index contributed by atoms with van der Waals surface area (Å²) in [4.78, 5) is 0. The molecular weight excluding hydrogens is 210 g/mol. The van der Waals surface area contributed by atoms with E-state index in [1.807, 2.05) is 0 Å².